The van der Waals surface area contributed by atoms with E-state index < -0.39 is 29.9 Å². The van der Waals surface area contributed by atoms with E-state index in [9.17, 15) is 24.3 Å². The summed E-state index contributed by atoms with van der Waals surface area (Å²) in [6, 6.07) is 5.09. The van der Waals surface area contributed by atoms with Crippen LogP contribution in [0.5, 0.6) is 0 Å². The van der Waals surface area contributed by atoms with Crippen LogP contribution in [0.25, 0.3) is 0 Å². The summed E-state index contributed by atoms with van der Waals surface area (Å²) in [5.41, 5.74) is 2.13. The molecule has 2 amide bonds. The maximum Gasteiger partial charge on any atom is 0.308 e. The van der Waals surface area contributed by atoms with E-state index >= 15 is 0 Å². The number of allylic oxidation sites excluding steroid dienone is 2. The van der Waals surface area contributed by atoms with Crippen molar-refractivity contribution in [2.24, 2.45) is 4.99 Å². The lowest BCUT2D eigenvalue weighted by atomic mass is 9.85. The number of carbonyl (C=O) groups excluding carboxylic acids is 4. The van der Waals surface area contributed by atoms with Gasteiger partial charge in [-0.3, -0.25) is 24.2 Å². The summed E-state index contributed by atoms with van der Waals surface area (Å²) in [4.78, 5) is 54.4. The third-order valence-corrected chi connectivity index (χ3v) is 6.60. The fraction of sp³-hybridized carbons (Fsp3) is 0.464. The zero-order chi connectivity index (χ0) is 29.4. The summed E-state index contributed by atoms with van der Waals surface area (Å²) in [6.45, 7) is 8.30. The number of esters is 1. The highest BCUT2D eigenvalue weighted by atomic mass is 79.9. The molecule has 0 bridgehead atoms. The monoisotopic (exact) mass is 617 g/mol. The Morgan fingerprint density at radius 2 is 1.98 bits per heavy atom. The third-order valence-electron chi connectivity index (χ3n) is 6.14. The number of hydrogen-bond donors (Lipinski definition) is 5. The standard InChI is InChI=1S/C28H36BrN5O6/c1-5-40-25(38)12-23(16-6-18(28(2,3)4)10-19(29)7-16)34-24(37)15-30-26(39)17-8-20(11-21(35)9-17)33-27-31-13-22(36)14-32-27/h6-8,10-11,22-23,36H,5,9,12-15H2,1-4H3,(H,30,39)(H,34,37)(H2,31,32,33)/t23-/m0/s1. The summed E-state index contributed by atoms with van der Waals surface area (Å²) in [5.74, 6) is -1.43. The predicted octanol–water partition coefficient (Wildman–Crippen LogP) is 1.67. The first kappa shape index (κ1) is 31.0. The Morgan fingerprint density at radius 3 is 2.62 bits per heavy atom. The zero-order valence-electron chi connectivity index (χ0n) is 23.1. The molecule has 5 N–H and O–H groups in total. The second kappa shape index (κ2) is 13.7. The molecule has 0 spiro atoms. The Kier molecular flexibility index (Phi) is 10.6. The molecule has 40 heavy (non-hydrogen) atoms. The number of carbonyl (C=O) groups is 4. The molecule has 1 aliphatic carbocycles. The van der Waals surface area contributed by atoms with E-state index in [2.05, 4.69) is 63.0 Å². The van der Waals surface area contributed by atoms with Crippen LogP contribution in [-0.2, 0) is 29.3 Å². The molecule has 12 heteroatoms. The molecule has 11 nitrogen and oxygen atoms in total. The number of ketones is 1. The van der Waals surface area contributed by atoms with Gasteiger partial charge in [-0.25, -0.2) is 0 Å². The lowest BCUT2D eigenvalue weighted by molar-refractivity contribution is -0.144. The van der Waals surface area contributed by atoms with Gasteiger partial charge in [0.25, 0.3) is 0 Å². The van der Waals surface area contributed by atoms with Gasteiger partial charge >= 0.3 is 5.97 Å². The van der Waals surface area contributed by atoms with Crippen LogP contribution >= 0.6 is 15.9 Å². The highest BCUT2D eigenvalue weighted by molar-refractivity contribution is 9.10. The number of rotatable bonds is 9. The summed E-state index contributed by atoms with van der Waals surface area (Å²) in [7, 11) is 0. The number of β-amino-alcohol motifs (C(OH)–C–C–N with tert-alkyl or cyclic N) is 1. The van der Waals surface area contributed by atoms with Crippen molar-refractivity contribution >= 4 is 45.5 Å². The molecular weight excluding hydrogens is 582 g/mol. The van der Waals surface area contributed by atoms with Crippen molar-refractivity contribution < 1.29 is 29.0 Å². The van der Waals surface area contributed by atoms with Crippen molar-refractivity contribution in [2.75, 3.05) is 26.2 Å². The molecule has 0 radical (unpaired) electrons. The first-order valence-corrected chi connectivity index (χ1v) is 13.9. The van der Waals surface area contributed by atoms with Gasteiger partial charge in [-0.1, -0.05) is 42.8 Å². The Morgan fingerprint density at radius 1 is 1.23 bits per heavy atom. The first-order chi connectivity index (χ1) is 18.8. The lowest BCUT2D eigenvalue weighted by Crippen LogP contribution is -2.46. The molecule has 0 saturated carbocycles. The molecule has 2 atom stereocenters. The fourth-order valence-corrected chi connectivity index (χ4v) is 4.58. The van der Waals surface area contributed by atoms with Crippen molar-refractivity contribution in [3.05, 3.63) is 57.2 Å². The minimum Gasteiger partial charge on any atom is -0.466 e. The van der Waals surface area contributed by atoms with E-state index in [1.165, 1.54) is 12.2 Å². The Labute approximate surface area is 242 Å². The Bertz CT molecular complexity index is 1250. The topological polar surface area (TPSA) is 158 Å². The SMILES string of the molecule is CCOC(=O)C[C@H](NC(=O)CNC(=O)C1=CC(NC2=NCC(O)CN2)=CC(=O)C1)c1cc(Br)cc(C(C)(C)C)c1. The number of aliphatic hydroxyl groups is 1. The number of aliphatic hydroxyl groups excluding tert-OH is 1. The number of nitrogens with one attached hydrogen (secondary N) is 4. The predicted molar refractivity (Wildman–Crippen MR) is 153 cm³/mol. The summed E-state index contributed by atoms with van der Waals surface area (Å²) in [6.07, 6.45) is 2.10. The third kappa shape index (κ3) is 9.30. The van der Waals surface area contributed by atoms with Gasteiger partial charge in [-0.2, -0.15) is 0 Å². The first-order valence-electron chi connectivity index (χ1n) is 13.1. The number of halogens is 1. The van der Waals surface area contributed by atoms with Crippen LogP contribution in [0.15, 0.2) is 51.1 Å². The number of ether oxygens (including phenoxy) is 1. The molecule has 1 heterocycles. The maximum atomic E-state index is 12.9. The van der Waals surface area contributed by atoms with E-state index in [0.29, 0.717) is 18.2 Å². The minimum absolute atomic E-state index is 0.0814. The number of benzene rings is 1. The van der Waals surface area contributed by atoms with Crippen molar-refractivity contribution in [1.82, 2.24) is 21.3 Å². The maximum absolute atomic E-state index is 12.9. The van der Waals surface area contributed by atoms with E-state index in [0.717, 1.165) is 15.6 Å². The summed E-state index contributed by atoms with van der Waals surface area (Å²) >= 11 is 3.52. The largest absolute Gasteiger partial charge is 0.466 e. The average Bonchev–Trinajstić information content (AvgIpc) is 2.87. The van der Waals surface area contributed by atoms with E-state index in [1.807, 2.05) is 18.2 Å². The van der Waals surface area contributed by atoms with Gasteiger partial charge in [-0.15, -0.1) is 0 Å². The highest BCUT2D eigenvalue weighted by Crippen LogP contribution is 2.30. The quantitative estimate of drug-likeness (QED) is 0.262. The molecule has 1 aromatic rings. The van der Waals surface area contributed by atoms with Crippen LogP contribution in [0.1, 0.15) is 57.7 Å². The number of aliphatic imine (C=N–C) groups is 1. The van der Waals surface area contributed by atoms with E-state index in [4.69, 9.17) is 4.74 Å². The van der Waals surface area contributed by atoms with Crippen LogP contribution in [0, 0.1) is 0 Å². The van der Waals surface area contributed by atoms with Gasteiger partial charge in [-0.05, 0) is 41.7 Å². The molecule has 0 saturated heterocycles. The summed E-state index contributed by atoms with van der Waals surface area (Å²) < 4.78 is 5.92. The van der Waals surface area contributed by atoms with Crippen LogP contribution < -0.4 is 21.3 Å². The smallest absolute Gasteiger partial charge is 0.308 e. The van der Waals surface area contributed by atoms with Crippen LogP contribution in [-0.4, -0.2) is 67.0 Å². The van der Waals surface area contributed by atoms with Gasteiger partial charge in [0.05, 0.1) is 38.3 Å². The minimum atomic E-state index is -0.682. The second-order valence-corrected chi connectivity index (χ2v) is 11.5. The number of amides is 2. The molecule has 1 aliphatic heterocycles. The molecule has 0 fully saturated rings. The van der Waals surface area contributed by atoms with Gasteiger partial charge < -0.3 is 31.1 Å². The van der Waals surface area contributed by atoms with Crippen LogP contribution in [0.4, 0.5) is 0 Å². The number of hydrogen-bond acceptors (Lipinski definition) is 9. The Balaban J connectivity index is 1.67. The van der Waals surface area contributed by atoms with E-state index in [1.54, 1.807) is 6.92 Å². The second-order valence-electron chi connectivity index (χ2n) is 10.6. The molecule has 1 aromatic carbocycles. The fourth-order valence-electron chi connectivity index (χ4n) is 4.07. The van der Waals surface area contributed by atoms with Crippen LogP contribution in [0.2, 0.25) is 0 Å². The normalized spacial score (nSPS) is 17.9. The van der Waals surface area contributed by atoms with Gasteiger partial charge in [0.2, 0.25) is 11.8 Å². The lowest BCUT2D eigenvalue weighted by Gasteiger charge is -2.24. The average molecular weight is 619 g/mol. The van der Waals surface area contributed by atoms with Gasteiger partial charge in [0.1, 0.15) is 0 Å². The van der Waals surface area contributed by atoms with E-state index in [-0.39, 0.29) is 49.3 Å². The molecule has 0 aromatic heterocycles. The number of nitrogens with zero attached hydrogens (tertiary/aromatic N) is 1. The zero-order valence-corrected chi connectivity index (χ0v) is 24.7. The number of guanidine groups is 1. The van der Waals surface area contributed by atoms with Crippen molar-refractivity contribution in [3.8, 4) is 0 Å². The van der Waals surface area contributed by atoms with Crippen molar-refractivity contribution in [1.29, 1.82) is 0 Å². The molecule has 2 aliphatic rings. The molecular formula is C28H36BrN5O6. The van der Waals surface area contributed by atoms with Crippen LogP contribution in [0.3, 0.4) is 0 Å². The van der Waals surface area contributed by atoms with Crippen molar-refractivity contribution in [2.45, 2.75) is 58.1 Å². The van der Waals surface area contributed by atoms with Crippen molar-refractivity contribution in [3.63, 3.8) is 0 Å². The Hall–Kier alpha value is -3.51. The molecule has 1 unspecified atom stereocenters. The summed E-state index contributed by atoms with van der Waals surface area (Å²) in [5, 5.41) is 20.8. The molecule has 216 valence electrons. The highest BCUT2D eigenvalue weighted by Gasteiger charge is 2.24. The van der Waals surface area contributed by atoms with Gasteiger partial charge in [0.15, 0.2) is 11.7 Å². The molecule has 3 rings (SSSR count). The van der Waals surface area contributed by atoms with Gasteiger partial charge in [0, 0.05) is 34.8 Å².